The minimum absolute atomic E-state index is 0.517. The molecule has 0 nitrogen and oxygen atoms in total. The molecule has 4 atom stereocenters. The molecule has 0 radical (unpaired) electrons. The van der Waals surface area contributed by atoms with Crippen molar-refractivity contribution in [3.8, 4) is 0 Å². The van der Waals surface area contributed by atoms with Crippen LogP contribution in [0.5, 0.6) is 0 Å². The fraction of sp³-hybridized carbons (Fsp3) is 0.714. The first-order valence-corrected chi connectivity index (χ1v) is 8.64. The lowest BCUT2D eigenvalue weighted by Gasteiger charge is -2.23. The van der Waals surface area contributed by atoms with Crippen molar-refractivity contribution >= 4 is 38.9 Å². The van der Waals surface area contributed by atoms with Crippen LogP contribution in [0.3, 0.4) is 0 Å². The van der Waals surface area contributed by atoms with Crippen LogP contribution in [0.1, 0.15) is 47.4 Å². The summed E-state index contributed by atoms with van der Waals surface area (Å²) >= 11 is 11.8. The molecule has 0 amide bonds. The molecule has 1 heterocycles. The Morgan fingerprint density at radius 3 is 2.82 bits per heavy atom. The standard InChI is InChI=1S/C14H18BrClS/c1-8-4-13(17-14(8)16)12(15)7-11-6-9-2-3-10(11)5-9/h4,9-12H,2-3,5-7H2,1H3. The van der Waals surface area contributed by atoms with E-state index in [4.69, 9.17) is 11.6 Å². The quantitative estimate of drug-likeness (QED) is 0.597. The average molecular weight is 334 g/mol. The highest BCUT2D eigenvalue weighted by molar-refractivity contribution is 9.09. The molecular formula is C14H18BrClS. The first-order chi connectivity index (χ1) is 8.13. The van der Waals surface area contributed by atoms with Crippen molar-refractivity contribution in [2.45, 2.75) is 43.9 Å². The van der Waals surface area contributed by atoms with Crippen molar-refractivity contribution in [1.29, 1.82) is 0 Å². The number of alkyl halides is 1. The minimum Gasteiger partial charge on any atom is -0.127 e. The van der Waals surface area contributed by atoms with E-state index in [1.54, 1.807) is 11.3 Å². The molecule has 0 spiro atoms. The zero-order chi connectivity index (χ0) is 12.0. The van der Waals surface area contributed by atoms with Crippen molar-refractivity contribution in [2.24, 2.45) is 17.8 Å². The molecule has 17 heavy (non-hydrogen) atoms. The second kappa shape index (κ2) is 4.86. The van der Waals surface area contributed by atoms with Crippen LogP contribution in [0.15, 0.2) is 6.07 Å². The summed E-state index contributed by atoms with van der Waals surface area (Å²) in [5.74, 6) is 3.04. The summed E-state index contributed by atoms with van der Waals surface area (Å²) in [7, 11) is 0. The van der Waals surface area contributed by atoms with Crippen molar-refractivity contribution < 1.29 is 0 Å². The first kappa shape index (κ1) is 12.5. The fourth-order valence-electron chi connectivity index (χ4n) is 3.69. The zero-order valence-corrected chi connectivity index (χ0v) is 13.2. The van der Waals surface area contributed by atoms with Gasteiger partial charge in [-0.3, -0.25) is 0 Å². The average Bonchev–Trinajstić information content (AvgIpc) is 2.95. The molecule has 1 aromatic heterocycles. The molecule has 0 aliphatic heterocycles. The Hall–Kier alpha value is 0.470. The van der Waals surface area contributed by atoms with Gasteiger partial charge in [-0.2, -0.15) is 0 Å². The van der Waals surface area contributed by atoms with Gasteiger partial charge >= 0.3 is 0 Å². The summed E-state index contributed by atoms with van der Waals surface area (Å²) in [5.41, 5.74) is 1.23. The molecule has 4 unspecified atom stereocenters. The van der Waals surface area contributed by atoms with Crippen LogP contribution in [0, 0.1) is 24.7 Å². The molecule has 3 rings (SSSR count). The predicted octanol–water partition coefficient (Wildman–Crippen LogP) is 5.97. The molecule has 2 aliphatic carbocycles. The number of fused-ring (bicyclic) bond motifs is 2. The summed E-state index contributed by atoms with van der Waals surface area (Å²) < 4.78 is 0.956. The number of hydrogen-bond acceptors (Lipinski definition) is 1. The Balaban J connectivity index is 1.65. The van der Waals surface area contributed by atoms with Gasteiger partial charge in [-0.1, -0.05) is 34.0 Å². The van der Waals surface area contributed by atoms with E-state index in [1.165, 1.54) is 42.5 Å². The number of halogens is 2. The second-order valence-corrected chi connectivity index (χ2v) is 8.53. The summed E-state index contributed by atoms with van der Waals surface area (Å²) in [6, 6.07) is 2.25. The van der Waals surface area contributed by atoms with Crippen LogP contribution >= 0.6 is 38.9 Å². The van der Waals surface area contributed by atoms with Gasteiger partial charge in [0.2, 0.25) is 0 Å². The monoisotopic (exact) mass is 332 g/mol. The summed E-state index contributed by atoms with van der Waals surface area (Å²) in [5, 5.41) is 0. The third-order valence-electron chi connectivity index (χ3n) is 4.58. The lowest BCUT2D eigenvalue weighted by atomic mass is 9.85. The fourth-order valence-corrected chi connectivity index (χ4v) is 5.79. The third kappa shape index (κ3) is 2.46. The maximum atomic E-state index is 6.15. The van der Waals surface area contributed by atoms with E-state index in [0.29, 0.717) is 4.83 Å². The highest BCUT2D eigenvalue weighted by Crippen LogP contribution is 2.52. The predicted molar refractivity (Wildman–Crippen MR) is 79.3 cm³/mol. The zero-order valence-electron chi connectivity index (χ0n) is 10.1. The molecule has 3 heteroatoms. The van der Waals surface area contributed by atoms with Gasteiger partial charge < -0.3 is 0 Å². The van der Waals surface area contributed by atoms with Gasteiger partial charge in [0, 0.05) is 9.70 Å². The largest absolute Gasteiger partial charge is 0.127 e. The number of thiophene rings is 1. The Morgan fingerprint density at radius 2 is 2.29 bits per heavy atom. The van der Waals surface area contributed by atoms with Crippen LogP contribution in [-0.4, -0.2) is 0 Å². The van der Waals surface area contributed by atoms with Gasteiger partial charge in [-0.05, 0) is 62.0 Å². The van der Waals surface area contributed by atoms with Crippen molar-refractivity contribution in [2.75, 3.05) is 0 Å². The van der Waals surface area contributed by atoms with Crippen LogP contribution < -0.4 is 0 Å². The van der Waals surface area contributed by atoms with Gasteiger partial charge in [0.1, 0.15) is 0 Å². The summed E-state index contributed by atoms with van der Waals surface area (Å²) in [6.45, 7) is 2.10. The topological polar surface area (TPSA) is 0 Å². The Morgan fingerprint density at radius 1 is 1.47 bits per heavy atom. The molecule has 2 saturated carbocycles. The molecular weight excluding hydrogens is 316 g/mol. The van der Waals surface area contributed by atoms with Crippen LogP contribution in [0.4, 0.5) is 0 Å². The van der Waals surface area contributed by atoms with Crippen LogP contribution in [0.2, 0.25) is 4.34 Å². The van der Waals surface area contributed by atoms with E-state index < -0.39 is 0 Å². The summed E-state index contributed by atoms with van der Waals surface area (Å²) in [4.78, 5) is 1.93. The van der Waals surface area contributed by atoms with E-state index in [9.17, 15) is 0 Å². The van der Waals surface area contributed by atoms with E-state index in [-0.39, 0.29) is 0 Å². The van der Waals surface area contributed by atoms with Gasteiger partial charge in [0.25, 0.3) is 0 Å². The molecule has 2 bridgehead atoms. The molecule has 0 N–H and O–H groups in total. The molecule has 0 saturated heterocycles. The second-order valence-electron chi connectivity index (χ2n) is 5.74. The molecule has 1 aromatic rings. The Bertz CT molecular complexity index is 395. The minimum atomic E-state index is 0.517. The van der Waals surface area contributed by atoms with Crippen molar-refractivity contribution in [3.05, 3.63) is 20.8 Å². The number of aryl methyl sites for hydroxylation is 1. The lowest BCUT2D eigenvalue weighted by Crippen LogP contribution is -2.11. The van der Waals surface area contributed by atoms with Gasteiger partial charge in [0.05, 0.1) is 4.34 Å². The SMILES string of the molecule is Cc1cc(C(Br)CC2CC3CCC2C3)sc1Cl. The molecule has 2 aliphatic rings. The smallest absolute Gasteiger partial charge is 0.0960 e. The maximum absolute atomic E-state index is 6.15. The van der Waals surface area contributed by atoms with Gasteiger partial charge in [0.15, 0.2) is 0 Å². The van der Waals surface area contributed by atoms with Gasteiger partial charge in [-0.15, -0.1) is 11.3 Å². The van der Waals surface area contributed by atoms with E-state index in [1.807, 2.05) is 0 Å². The van der Waals surface area contributed by atoms with E-state index >= 15 is 0 Å². The van der Waals surface area contributed by atoms with Gasteiger partial charge in [-0.25, -0.2) is 0 Å². The maximum Gasteiger partial charge on any atom is 0.0960 e. The molecule has 2 fully saturated rings. The normalized spacial score (nSPS) is 33.2. The highest BCUT2D eigenvalue weighted by atomic mass is 79.9. The Kier molecular flexibility index (Phi) is 3.58. The van der Waals surface area contributed by atoms with E-state index in [2.05, 4.69) is 28.9 Å². The third-order valence-corrected chi connectivity index (χ3v) is 7.42. The molecule has 0 aromatic carbocycles. The number of rotatable bonds is 3. The lowest BCUT2D eigenvalue weighted by molar-refractivity contribution is 0.314. The summed E-state index contributed by atoms with van der Waals surface area (Å²) in [6.07, 6.45) is 7.27. The van der Waals surface area contributed by atoms with Crippen molar-refractivity contribution in [1.82, 2.24) is 0 Å². The van der Waals surface area contributed by atoms with Crippen LogP contribution in [0.25, 0.3) is 0 Å². The number of hydrogen-bond donors (Lipinski definition) is 0. The first-order valence-electron chi connectivity index (χ1n) is 6.53. The molecule has 94 valence electrons. The Labute approximate surface area is 121 Å². The van der Waals surface area contributed by atoms with Crippen LogP contribution in [-0.2, 0) is 0 Å². The highest BCUT2D eigenvalue weighted by Gasteiger charge is 2.40. The van der Waals surface area contributed by atoms with Crippen molar-refractivity contribution in [3.63, 3.8) is 0 Å². The van der Waals surface area contributed by atoms with E-state index in [0.717, 1.165) is 22.1 Å².